The second kappa shape index (κ2) is 10.7. The molecule has 33 heavy (non-hydrogen) atoms. The van der Waals surface area contributed by atoms with Gasteiger partial charge in [0.1, 0.15) is 18.9 Å². The molecule has 0 fully saturated rings. The Kier molecular flexibility index (Phi) is 8.00. The molecule has 0 spiro atoms. The summed E-state index contributed by atoms with van der Waals surface area (Å²) in [6.07, 6.45) is 0. The summed E-state index contributed by atoms with van der Waals surface area (Å²) in [5.74, 6) is 0.280. The summed E-state index contributed by atoms with van der Waals surface area (Å²) in [4.78, 5) is 12.8. The minimum absolute atomic E-state index is 0.0929. The topological polar surface area (TPSA) is 75.7 Å². The quantitative estimate of drug-likeness (QED) is 0.446. The third-order valence-corrected chi connectivity index (χ3v) is 6.96. The molecule has 0 saturated heterocycles. The summed E-state index contributed by atoms with van der Waals surface area (Å²) >= 11 is 6.14. The zero-order valence-electron chi connectivity index (χ0n) is 18.8. The van der Waals surface area contributed by atoms with Crippen LogP contribution in [0.25, 0.3) is 0 Å². The van der Waals surface area contributed by atoms with Crippen LogP contribution < -0.4 is 14.4 Å². The predicted octanol–water partition coefficient (Wildman–Crippen LogP) is 4.66. The number of carbonyl (C=O) groups is 1. The van der Waals surface area contributed by atoms with E-state index < -0.39 is 15.9 Å². The van der Waals surface area contributed by atoms with E-state index in [-0.39, 0.29) is 24.6 Å². The second-order valence-electron chi connectivity index (χ2n) is 7.78. The third-order valence-electron chi connectivity index (χ3n) is 4.95. The van der Waals surface area contributed by atoms with Crippen LogP contribution in [0.4, 0.5) is 5.69 Å². The van der Waals surface area contributed by atoms with Gasteiger partial charge in [0, 0.05) is 5.02 Å². The van der Waals surface area contributed by atoms with Crippen LogP contribution in [0.15, 0.2) is 71.6 Å². The van der Waals surface area contributed by atoms with Gasteiger partial charge in [0.2, 0.25) is 5.91 Å². The number of hydrogen-bond donors (Lipinski definition) is 1. The third kappa shape index (κ3) is 6.49. The second-order valence-corrected chi connectivity index (χ2v) is 10.1. The first-order valence-corrected chi connectivity index (χ1v) is 12.3. The fraction of sp³-hybridized carbons (Fsp3) is 0.240. The zero-order chi connectivity index (χ0) is 24.0. The van der Waals surface area contributed by atoms with Crippen LogP contribution in [0.2, 0.25) is 5.02 Å². The lowest BCUT2D eigenvalue weighted by Gasteiger charge is -2.26. The number of ether oxygens (including phenoxy) is 1. The maximum Gasteiger partial charge on any atom is 0.264 e. The molecule has 0 saturated carbocycles. The Morgan fingerprint density at radius 1 is 0.970 bits per heavy atom. The van der Waals surface area contributed by atoms with Crippen LogP contribution in [0.5, 0.6) is 5.75 Å². The fourth-order valence-electron chi connectivity index (χ4n) is 3.43. The number of anilines is 1. The van der Waals surface area contributed by atoms with Crippen molar-refractivity contribution in [2.45, 2.75) is 25.7 Å². The molecule has 0 aliphatic carbocycles. The van der Waals surface area contributed by atoms with Crippen molar-refractivity contribution in [3.05, 3.63) is 88.4 Å². The summed E-state index contributed by atoms with van der Waals surface area (Å²) in [6, 6.07) is 18.9. The maximum absolute atomic E-state index is 13.4. The van der Waals surface area contributed by atoms with Crippen molar-refractivity contribution in [3.8, 4) is 5.75 Å². The largest absolute Gasteiger partial charge is 0.492 e. The smallest absolute Gasteiger partial charge is 0.264 e. The molecule has 1 amide bonds. The van der Waals surface area contributed by atoms with Gasteiger partial charge >= 0.3 is 0 Å². The summed E-state index contributed by atoms with van der Waals surface area (Å²) in [6.45, 7) is 5.86. The van der Waals surface area contributed by atoms with Gasteiger partial charge in [-0.2, -0.15) is 0 Å². The normalized spacial score (nSPS) is 11.2. The first-order valence-electron chi connectivity index (χ1n) is 10.5. The lowest BCUT2D eigenvalue weighted by molar-refractivity contribution is -0.119. The summed E-state index contributed by atoms with van der Waals surface area (Å²) < 4.78 is 33.6. The van der Waals surface area contributed by atoms with E-state index in [2.05, 4.69) is 5.32 Å². The number of amides is 1. The molecule has 1 N–H and O–H groups in total. The van der Waals surface area contributed by atoms with Crippen LogP contribution >= 0.6 is 11.6 Å². The number of rotatable bonds is 9. The number of nitrogens with one attached hydrogen (secondary N) is 1. The zero-order valence-corrected chi connectivity index (χ0v) is 20.4. The van der Waals surface area contributed by atoms with Gasteiger partial charge in [-0.25, -0.2) is 8.42 Å². The lowest BCUT2D eigenvalue weighted by Crippen LogP contribution is -2.42. The molecule has 0 bridgehead atoms. The maximum atomic E-state index is 13.4. The Balaban J connectivity index is 1.73. The van der Waals surface area contributed by atoms with E-state index in [1.165, 1.54) is 12.1 Å². The van der Waals surface area contributed by atoms with Crippen LogP contribution in [0.3, 0.4) is 0 Å². The molecule has 0 aliphatic rings. The molecule has 174 valence electrons. The molecule has 3 aromatic rings. The monoisotopic (exact) mass is 486 g/mol. The highest BCUT2D eigenvalue weighted by Crippen LogP contribution is 2.29. The van der Waals surface area contributed by atoms with Crippen molar-refractivity contribution >= 4 is 33.2 Å². The van der Waals surface area contributed by atoms with Gasteiger partial charge < -0.3 is 10.1 Å². The molecular weight excluding hydrogens is 460 g/mol. The number of carbonyl (C=O) groups excluding carboxylic acids is 1. The highest BCUT2D eigenvalue weighted by molar-refractivity contribution is 7.92. The van der Waals surface area contributed by atoms with Gasteiger partial charge in [0.25, 0.3) is 10.0 Å². The Hall–Kier alpha value is -3.03. The van der Waals surface area contributed by atoms with Gasteiger partial charge in [-0.1, -0.05) is 41.9 Å². The molecule has 0 atom stereocenters. The van der Waals surface area contributed by atoms with E-state index in [1.807, 2.05) is 32.0 Å². The molecule has 0 aliphatic heterocycles. The molecule has 0 unspecified atom stereocenters. The van der Waals surface area contributed by atoms with E-state index in [1.54, 1.807) is 43.3 Å². The van der Waals surface area contributed by atoms with Gasteiger partial charge in [0.15, 0.2) is 0 Å². The lowest BCUT2D eigenvalue weighted by atomic mass is 10.1. The number of aryl methyl sites for hydroxylation is 3. The number of hydrogen-bond acceptors (Lipinski definition) is 4. The molecule has 6 nitrogen and oxygen atoms in total. The van der Waals surface area contributed by atoms with E-state index in [4.69, 9.17) is 16.3 Å². The average Bonchev–Trinajstić information content (AvgIpc) is 2.77. The van der Waals surface area contributed by atoms with Crippen molar-refractivity contribution in [2.24, 2.45) is 0 Å². The van der Waals surface area contributed by atoms with E-state index in [9.17, 15) is 13.2 Å². The Morgan fingerprint density at radius 3 is 2.30 bits per heavy atom. The van der Waals surface area contributed by atoms with E-state index >= 15 is 0 Å². The first-order chi connectivity index (χ1) is 15.7. The summed E-state index contributed by atoms with van der Waals surface area (Å²) in [5, 5.41) is 3.12. The van der Waals surface area contributed by atoms with E-state index in [0.29, 0.717) is 16.3 Å². The van der Waals surface area contributed by atoms with Crippen molar-refractivity contribution < 1.29 is 17.9 Å². The van der Waals surface area contributed by atoms with Gasteiger partial charge in [-0.05, 0) is 73.9 Å². The highest BCUT2D eigenvalue weighted by atomic mass is 35.5. The van der Waals surface area contributed by atoms with Gasteiger partial charge in [-0.3, -0.25) is 9.10 Å². The van der Waals surface area contributed by atoms with Crippen molar-refractivity contribution in [1.82, 2.24) is 5.32 Å². The Morgan fingerprint density at radius 2 is 1.64 bits per heavy atom. The van der Waals surface area contributed by atoms with Crippen LogP contribution in [-0.4, -0.2) is 34.0 Å². The molecule has 3 rings (SSSR count). The van der Waals surface area contributed by atoms with Crippen molar-refractivity contribution in [1.29, 1.82) is 0 Å². The van der Waals surface area contributed by atoms with Gasteiger partial charge in [0.05, 0.1) is 17.1 Å². The van der Waals surface area contributed by atoms with Crippen molar-refractivity contribution in [2.75, 3.05) is 24.0 Å². The predicted molar refractivity (Wildman–Crippen MR) is 132 cm³/mol. The highest BCUT2D eigenvalue weighted by Gasteiger charge is 2.28. The first kappa shape index (κ1) is 24.6. The molecule has 0 heterocycles. The number of sulfonamides is 1. The Bertz CT molecular complexity index is 1210. The average molecular weight is 487 g/mol. The molecule has 3 aromatic carbocycles. The van der Waals surface area contributed by atoms with Crippen molar-refractivity contribution in [3.63, 3.8) is 0 Å². The van der Waals surface area contributed by atoms with Crippen LogP contribution in [-0.2, 0) is 14.8 Å². The minimum Gasteiger partial charge on any atom is -0.492 e. The standard InChI is InChI=1S/C25H27ClN2O4S/c1-18-13-19(2)15-22(14-18)32-12-11-27-25(29)17-28(24-16-21(26)10-9-20(24)3)33(30,31)23-7-5-4-6-8-23/h4-10,13-16H,11-12,17H2,1-3H3,(H,27,29). The summed E-state index contributed by atoms with van der Waals surface area (Å²) in [5.41, 5.74) is 3.22. The number of nitrogens with zero attached hydrogens (tertiary/aromatic N) is 1. The SMILES string of the molecule is Cc1cc(C)cc(OCCNC(=O)CN(c2cc(Cl)ccc2C)S(=O)(=O)c2ccccc2)c1. The van der Waals surface area contributed by atoms with Gasteiger partial charge in [-0.15, -0.1) is 0 Å². The Labute approximate surface area is 200 Å². The molecule has 0 aromatic heterocycles. The minimum atomic E-state index is -3.99. The van der Waals surface area contributed by atoms with Crippen LogP contribution in [0.1, 0.15) is 16.7 Å². The fourth-order valence-corrected chi connectivity index (χ4v) is 5.10. The number of benzene rings is 3. The molecule has 8 heteroatoms. The summed E-state index contributed by atoms with van der Waals surface area (Å²) in [7, 11) is -3.99. The van der Waals surface area contributed by atoms with E-state index in [0.717, 1.165) is 21.2 Å². The molecule has 0 radical (unpaired) electrons. The van der Waals surface area contributed by atoms with Crippen LogP contribution in [0, 0.1) is 20.8 Å². The molecular formula is C25H27ClN2O4S. The number of halogens is 1.